The lowest BCUT2D eigenvalue weighted by atomic mass is 9.61. The van der Waals surface area contributed by atoms with Crippen LogP contribution < -0.4 is 0 Å². The summed E-state index contributed by atoms with van der Waals surface area (Å²) < 4.78 is 0. The second-order valence-electron chi connectivity index (χ2n) is 9.90. The van der Waals surface area contributed by atoms with Crippen molar-refractivity contribution in [1.82, 2.24) is 0 Å². The number of halogens is 1. The lowest BCUT2D eigenvalue weighted by Gasteiger charge is -2.43. The Morgan fingerprint density at radius 3 is 2.30 bits per heavy atom. The van der Waals surface area contributed by atoms with Crippen molar-refractivity contribution < 1.29 is 10.2 Å². The van der Waals surface area contributed by atoms with Crippen LogP contribution in [0.4, 0.5) is 0 Å². The molecule has 2 N–H and O–H groups in total. The van der Waals surface area contributed by atoms with Gasteiger partial charge in [-0.1, -0.05) is 53.8 Å². The van der Waals surface area contributed by atoms with Gasteiger partial charge in [-0.2, -0.15) is 0 Å². The Labute approximate surface area is 171 Å². The van der Waals surface area contributed by atoms with Gasteiger partial charge in [-0.05, 0) is 79.4 Å². The van der Waals surface area contributed by atoms with Crippen LogP contribution in [0.5, 0.6) is 11.5 Å². The normalized spacial score (nSPS) is 37.2. The van der Waals surface area contributed by atoms with E-state index in [0.29, 0.717) is 23.3 Å². The van der Waals surface area contributed by atoms with Gasteiger partial charge < -0.3 is 10.2 Å². The Morgan fingerprint density at radius 2 is 1.81 bits per heavy atom. The highest BCUT2D eigenvalue weighted by Gasteiger charge is 2.86. The van der Waals surface area contributed by atoms with E-state index in [1.165, 1.54) is 56.9 Å². The molecule has 5 rings (SSSR count). The summed E-state index contributed by atoms with van der Waals surface area (Å²) in [4.78, 5) is 0. The van der Waals surface area contributed by atoms with E-state index in [2.05, 4.69) is 35.9 Å². The number of phenols is 2. The molecule has 3 fully saturated rings. The fourth-order valence-corrected chi connectivity index (χ4v) is 7.70. The van der Waals surface area contributed by atoms with Gasteiger partial charge in [-0.25, -0.2) is 0 Å². The molecule has 3 heteroatoms. The molecule has 0 amide bonds. The Balaban J connectivity index is 1.47. The maximum Gasteiger partial charge on any atom is 0.123 e. The fourth-order valence-electron chi connectivity index (χ4n) is 7.30. The predicted molar refractivity (Wildman–Crippen MR) is 113 cm³/mol. The van der Waals surface area contributed by atoms with Crippen molar-refractivity contribution >= 4 is 15.9 Å². The van der Waals surface area contributed by atoms with Gasteiger partial charge in [0.2, 0.25) is 0 Å². The third kappa shape index (κ3) is 2.07. The van der Waals surface area contributed by atoms with E-state index in [9.17, 15) is 10.2 Å². The SMILES string of the molecule is CC1=CC2(c3c(O)cc(C4(CCCCCBr)CCC4)cc3O)C3CC1C32C. The lowest BCUT2D eigenvalue weighted by Crippen LogP contribution is -2.34. The molecule has 4 aliphatic carbocycles. The maximum absolute atomic E-state index is 11.1. The topological polar surface area (TPSA) is 40.5 Å². The second-order valence-corrected chi connectivity index (χ2v) is 10.7. The molecule has 2 nitrogen and oxygen atoms in total. The van der Waals surface area contributed by atoms with Gasteiger partial charge in [0.25, 0.3) is 0 Å². The number of aromatic hydroxyl groups is 2. The first-order valence-corrected chi connectivity index (χ1v) is 11.8. The van der Waals surface area contributed by atoms with E-state index < -0.39 is 0 Å². The van der Waals surface area contributed by atoms with Crippen molar-refractivity contribution in [3.8, 4) is 11.5 Å². The average molecular weight is 431 g/mol. The second kappa shape index (κ2) is 5.78. The zero-order chi connectivity index (χ0) is 19.0. The van der Waals surface area contributed by atoms with Gasteiger partial charge in [0.15, 0.2) is 0 Å². The molecule has 3 saturated carbocycles. The van der Waals surface area contributed by atoms with Crippen LogP contribution in [0.2, 0.25) is 0 Å². The number of allylic oxidation sites excluding steroid dienone is 2. The van der Waals surface area contributed by atoms with Gasteiger partial charge >= 0.3 is 0 Å². The van der Waals surface area contributed by atoms with Crippen molar-refractivity contribution in [3.05, 3.63) is 34.9 Å². The van der Waals surface area contributed by atoms with Gasteiger partial charge in [0, 0.05) is 16.3 Å². The lowest BCUT2D eigenvalue weighted by molar-refractivity contribution is 0.217. The number of benzene rings is 1. The molecule has 4 atom stereocenters. The minimum atomic E-state index is -0.114. The Bertz CT molecular complexity index is 801. The molecule has 0 bridgehead atoms. The number of hydrogen-bond acceptors (Lipinski definition) is 2. The molecule has 4 aliphatic rings. The van der Waals surface area contributed by atoms with Crippen molar-refractivity contribution in [1.29, 1.82) is 0 Å². The zero-order valence-corrected chi connectivity index (χ0v) is 18.1. The summed E-state index contributed by atoms with van der Waals surface area (Å²) in [5.74, 6) is 1.91. The summed E-state index contributed by atoms with van der Waals surface area (Å²) in [7, 11) is 0. The molecule has 1 aromatic carbocycles. The van der Waals surface area contributed by atoms with Gasteiger partial charge in [-0.3, -0.25) is 0 Å². The van der Waals surface area contributed by atoms with E-state index in [-0.39, 0.29) is 16.2 Å². The van der Waals surface area contributed by atoms with Crippen molar-refractivity contribution in [2.45, 2.75) is 76.0 Å². The number of alkyl halides is 1. The smallest absolute Gasteiger partial charge is 0.123 e. The molecule has 0 aromatic heterocycles. The molecule has 1 aromatic rings. The minimum absolute atomic E-state index is 0.114. The van der Waals surface area contributed by atoms with E-state index in [1.807, 2.05) is 12.1 Å². The van der Waals surface area contributed by atoms with Crippen LogP contribution in [0.3, 0.4) is 0 Å². The van der Waals surface area contributed by atoms with Crippen LogP contribution in [-0.2, 0) is 10.8 Å². The summed E-state index contributed by atoms with van der Waals surface area (Å²) >= 11 is 3.52. The quantitative estimate of drug-likeness (QED) is 0.301. The van der Waals surface area contributed by atoms with E-state index >= 15 is 0 Å². The van der Waals surface area contributed by atoms with Crippen LogP contribution in [0.15, 0.2) is 23.8 Å². The number of fused-ring (bicyclic) bond motifs is 1. The average Bonchev–Trinajstić information content (AvgIpc) is 2.87. The van der Waals surface area contributed by atoms with E-state index in [4.69, 9.17) is 0 Å². The van der Waals surface area contributed by atoms with E-state index in [0.717, 1.165) is 16.5 Å². The first kappa shape index (κ1) is 18.1. The van der Waals surface area contributed by atoms with Crippen molar-refractivity contribution in [2.75, 3.05) is 5.33 Å². The van der Waals surface area contributed by atoms with E-state index in [1.54, 1.807) is 0 Å². The third-order valence-corrected chi connectivity index (χ3v) is 9.56. The molecule has 0 heterocycles. The highest BCUT2D eigenvalue weighted by atomic mass is 79.9. The van der Waals surface area contributed by atoms with Gasteiger partial charge in [0.1, 0.15) is 11.5 Å². The highest BCUT2D eigenvalue weighted by Crippen LogP contribution is 2.89. The van der Waals surface area contributed by atoms with Gasteiger partial charge in [-0.15, -0.1) is 0 Å². The van der Waals surface area contributed by atoms with Crippen molar-refractivity contribution in [3.63, 3.8) is 0 Å². The summed E-state index contributed by atoms with van der Waals surface area (Å²) in [6, 6.07) is 4.01. The molecule has 0 spiro atoms. The Hall–Kier alpha value is -0.960. The summed E-state index contributed by atoms with van der Waals surface area (Å²) in [5, 5.41) is 23.2. The summed E-state index contributed by atoms with van der Waals surface area (Å²) in [5.41, 5.74) is 3.72. The number of phenolic OH excluding ortho intramolecular Hbond substituents is 2. The summed E-state index contributed by atoms with van der Waals surface area (Å²) in [6.45, 7) is 4.57. The molecule has 0 radical (unpaired) electrons. The Morgan fingerprint density at radius 1 is 1.11 bits per heavy atom. The largest absolute Gasteiger partial charge is 0.507 e. The first-order valence-electron chi connectivity index (χ1n) is 10.7. The highest BCUT2D eigenvalue weighted by molar-refractivity contribution is 9.09. The predicted octanol–water partition coefficient (Wildman–Crippen LogP) is 6.33. The van der Waals surface area contributed by atoms with Crippen LogP contribution in [0, 0.1) is 17.3 Å². The molecule has 27 heavy (non-hydrogen) atoms. The molecular weight excluding hydrogens is 400 g/mol. The molecule has 4 unspecified atom stereocenters. The monoisotopic (exact) mass is 430 g/mol. The number of unbranched alkanes of at least 4 members (excludes halogenated alkanes) is 2. The van der Waals surface area contributed by atoms with Gasteiger partial charge in [0.05, 0.1) is 0 Å². The first-order chi connectivity index (χ1) is 12.9. The van der Waals surface area contributed by atoms with Crippen LogP contribution in [0.1, 0.15) is 76.3 Å². The Kier molecular flexibility index (Phi) is 3.87. The fraction of sp³-hybridized carbons (Fsp3) is 0.667. The van der Waals surface area contributed by atoms with Crippen LogP contribution in [0.25, 0.3) is 0 Å². The number of hydrogen-bond donors (Lipinski definition) is 2. The molecule has 0 saturated heterocycles. The zero-order valence-electron chi connectivity index (χ0n) is 16.5. The molecule has 146 valence electrons. The van der Waals surface area contributed by atoms with Crippen molar-refractivity contribution in [2.24, 2.45) is 17.3 Å². The molecule has 0 aliphatic heterocycles. The number of rotatable bonds is 7. The minimum Gasteiger partial charge on any atom is -0.507 e. The van der Waals surface area contributed by atoms with Crippen LogP contribution in [-0.4, -0.2) is 15.5 Å². The van der Waals surface area contributed by atoms with Crippen LogP contribution >= 0.6 is 15.9 Å². The maximum atomic E-state index is 11.1. The molecular formula is C24H31BrO2. The standard InChI is InChI=1S/C24H31BrO2/c1-15-14-24(20-13-17(15)22(20,24)2)21-18(26)11-16(12-19(21)27)23(8-6-9-23)7-4-3-5-10-25/h11-12,14,17,20,26-27H,3-10,13H2,1-2H3. The summed E-state index contributed by atoms with van der Waals surface area (Å²) in [6.07, 6.45) is 12.1. The third-order valence-electron chi connectivity index (χ3n) is 9.00.